The van der Waals surface area contributed by atoms with Crippen molar-refractivity contribution in [2.45, 2.75) is 13.0 Å². The van der Waals surface area contributed by atoms with E-state index >= 15 is 0 Å². The van der Waals surface area contributed by atoms with Crippen LogP contribution in [0, 0.1) is 6.92 Å². The molecule has 18 heavy (non-hydrogen) atoms. The van der Waals surface area contributed by atoms with E-state index in [1.807, 2.05) is 25.1 Å². The van der Waals surface area contributed by atoms with Crippen LogP contribution in [0.5, 0.6) is 0 Å². The van der Waals surface area contributed by atoms with Crippen LogP contribution in [-0.4, -0.2) is 4.98 Å². The van der Waals surface area contributed by atoms with Gasteiger partial charge in [0.25, 0.3) is 0 Å². The molecule has 0 radical (unpaired) electrons. The number of hydrazine groups is 1. The molecule has 0 aliphatic rings. The minimum atomic E-state index is -0.186. The molecule has 1 heterocycles. The molecule has 1 aromatic heterocycles. The monoisotopic (exact) mass is 281 g/mol. The maximum atomic E-state index is 6.00. The van der Waals surface area contributed by atoms with E-state index < -0.39 is 0 Å². The number of nitrogens with one attached hydrogen (secondary N) is 1. The standard InChI is InChI=1S/C13H13Cl2N3/c1-8-2-10(7-17-6-8)13(18-16)9-3-11(14)5-12(15)4-9/h2-7,13,18H,16H2,1H3. The second kappa shape index (κ2) is 5.67. The third kappa shape index (κ3) is 3.00. The summed E-state index contributed by atoms with van der Waals surface area (Å²) in [6.07, 6.45) is 3.56. The Morgan fingerprint density at radius 3 is 2.28 bits per heavy atom. The lowest BCUT2D eigenvalue weighted by molar-refractivity contribution is 0.634. The molecule has 0 spiro atoms. The van der Waals surface area contributed by atoms with E-state index in [1.54, 1.807) is 18.5 Å². The van der Waals surface area contributed by atoms with Crippen molar-refractivity contribution in [3.63, 3.8) is 0 Å². The SMILES string of the molecule is Cc1cncc(C(NN)c2cc(Cl)cc(Cl)c2)c1. The Morgan fingerprint density at radius 1 is 1.06 bits per heavy atom. The zero-order chi connectivity index (χ0) is 13.1. The van der Waals surface area contributed by atoms with Gasteiger partial charge in [-0.05, 0) is 41.8 Å². The van der Waals surface area contributed by atoms with Gasteiger partial charge >= 0.3 is 0 Å². The molecule has 0 aliphatic carbocycles. The average molecular weight is 282 g/mol. The molecule has 0 bridgehead atoms. The highest BCUT2D eigenvalue weighted by Gasteiger charge is 2.14. The molecular formula is C13H13Cl2N3. The summed E-state index contributed by atoms with van der Waals surface area (Å²) in [5.74, 6) is 5.62. The fourth-order valence-electron chi connectivity index (χ4n) is 1.86. The highest BCUT2D eigenvalue weighted by Crippen LogP contribution is 2.27. The summed E-state index contributed by atoms with van der Waals surface area (Å²) >= 11 is 12.0. The van der Waals surface area contributed by atoms with Gasteiger partial charge in [-0.2, -0.15) is 0 Å². The van der Waals surface area contributed by atoms with E-state index in [9.17, 15) is 0 Å². The second-order valence-corrected chi connectivity index (χ2v) is 4.97. The van der Waals surface area contributed by atoms with Crippen molar-refractivity contribution < 1.29 is 0 Å². The highest BCUT2D eigenvalue weighted by atomic mass is 35.5. The van der Waals surface area contributed by atoms with Crippen molar-refractivity contribution in [2.24, 2.45) is 5.84 Å². The smallest absolute Gasteiger partial charge is 0.0726 e. The number of halogens is 2. The minimum Gasteiger partial charge on any atom is -0.271 e. The Morgan fingerprint density at radius 2 is 1.72 bits per heavy atom. The predicted octanol–water partition coefficient (Wildman–Crippen LogP) is 3.25. The van der Waals surface area contributed by atoms with Crippen LogP contribution in [0.3, 0.4) is 0 Å². The van der Waals surface area contributed by atoms with E-state index in [4.69, 9.17) is 29.0 Å². The molecule has 0 saturated heterocycles. The highest BCUT2D eigenvalue weighted by molar-refractivity contribution is 6.34. The molecule has 0 amide bonds. The number of pyridine rings is 1. The van der Waals surface area contributed by atoms with Gasteiger partial charge in [0.05, 0.1) is 6.04 Å². The normalized spacial score (nSPS) is 12.4. The summed E-state index contributed by atoms with van der Waals surface area (Å²) in [4.78, 5) is 4.16. The Bertz CT molecular complexity index is 537. The summed E-state index contributed by atoms with van der Waals surface area (Å²) in [6.45, 7) is 1.98. The van der Waals surface area contributed by atoms with Gasteiger partial charge in [0.15, 0.2) is 0 Å². The molecule has 0 fully saturated rings. The summed E-state index contributed by atoms with van der Waals surface area (Å²) in [7, 11) is 0. The summed E-state index contributed by atoms with van der Waals surface area (Å²) in [5, 5.41) is 1.16. The van der Waals surface area contributed by atoms with Gasteiger partial charge in [-0.1, -0.05) is 29.3 Å². The van der Waals surface area contributed by atoms with Crippen molar-refractivity contribution in [1.29, 1.82) is 0 Å². The van der Waals surface area contributed by atoms with Crippen LogP contribution in [0.15, 0.2) is 36.7 Å². The van der Waals surface area contributed by atoms with Crippen molar-refractivity contribution in [2.75, 3.05) is 0 Å². The summed E-state index contributed by atoms with van der Waals surface area (Å²) < 4.78 is 0. The fraction of sp³-hybridized carbons (Fsp3) is 0.154. The van der Waals surface area contributed by atoms with E-state index in [1.165, 1.54) is 0 Å². The third-order valence-electron chi connectivity index (χ3n) is 2.61. The largest absolute Gasteiger partial charge is 0.271 e. The van der Waals surface area contributed by atoms with E-state index in [-0.39, 0.29) is 6.04 Å². The van der Waals surface area contributed by atoms with Gasteiger partial charge in [0.2, 0.25) is 0 Å². The Hall–Kier alpha value is -1.13. The molecule has 2 aromatic rings. The summed E-state index contributed by atoms with van der Waals surface area (Å²) in [5.41, 5.74) is 5.70. The molecule has 0 aliphatic heterocycles. The number of benzene rings is 1. The molecular weight excluding hydrogens is 269 g/mol. The van der Waals surface area contributed by atoms with Gasteiger partial charge in [-0.3, -0.25) is 10.8 Å². The lowest BCUT2D eigenvalue weighted by Gasteiger charge is -2.17. The number of hydrogen-bond donors (Lipinski definition) is 2. The Labute approximate surface area is 116 Å². The Balaban J connectivity index is 2.45. The quantitative estimate of drug-likeness (QED) is 0.671. The van der Waals surface area contributed by atoms with Crippen molar-refractivity contribution in [3.05, 3.63) is 63.4 Å². The van der Waals surface area contributed by atoms with E-state index in [0.29, 0.717) is 10.0 Å². The first-order valence-corrected chi connectivity index (χ1v) is 6.19. The van der Waals surface area contributed by atoms with E-state index in [0.717, 1.165) is 16.7 Å². The van der Waals surface area contributed by atoms with Crippen molar-refractivity contribution >= 4 is 23.2 Å². The van der Waals surface area contributed by atoms with Crippen LogP contribution in [0.25, 0.3) is 0 Å². The first kappa shape index (κ1) is 13.3. The van der Waals surface area contributed by atoms with Crippen LogP contribution in [0.4, 0.5) is 0 Å². The topological polar surface area (TPSA) is 50.9 Å². The molecule has 5 heteroatoms. The van der Waals surface area contributed by atoms with Crippen molar-refractivity contribution in [1.82, 2.24) is 10.4 Å². The molecule has 94 valence electrons. The number of aryl methyl sites for hydroxylation is 1. The number of nitrogens with zero attached hydrogens (tertiary/aromatic N) is 1. The van der Waals surface area contributed by atoms with Crippen LogP contribution >= 0.6 is 23.2 Å². The maximum Gasteiger partial charge on any atom is 0.0726 e. The average Bonchev–Trinajstić information content (AvgIpc) is 2.28. The molecule has 2 rings (SSSR count). The first-order valence-electron chi connectivity index (χ1n) is 5.44. The third-order valence-corrected chi connectivity index (χ3v) is 3.05. The lowest BCUT2D eigenvalue weighted by atomic mass is 10.00. The summed E-state index contributed by atoms with van der Waals surface area (Å²) in [6, 6.07) is 7.19. The molecule has 1 atom stereocenters. The van der Waals surface area contributed by atoms with Crippen LogP contribution in [0.2, 0.25) is 10.0 Å². The second-order valence-electron chi connectivity index (χ2n) is 4.10. The van der Waals surface area contributed by atoms with E-state index in [2.05, 4.69) is 10.4 Å². The van der Waals surface area contributed by atoms with Gasteiger partial charge < -0.3 is 0 Å². The number of rotatable bonds is 3. The lowest BCUT2D eigenvalue weighted by Crippen LogP contribution is -2.29. The number of hydrogen-bond acceptors (Lipinski definition) is 3. The first-order chi connectivity index (χ1) is 8.60. The maximum absolute atomic E-state index is 6.00. The molecule has 3 nitrogen and oxygen atoms in total. The van der Waals surface area contributed by atoms with Crippen molar-refractivity contribution in [3.8, 4) is 0 Å². The van der Waals surface area contributed by atoms with Gasteiger partial charge in [0, 0.05) is 22.4 Å². The molecule has 3 N–H and O–H groups in total. The Kier molecular flexibility index (Phi) is 4.19. The minimum absolute atomic E-state index is 0.186. The molecule has 1 aromatic carbocycles. The fourth-order valence-corrected chi connectivity index (χ4v) is 2.41. The van der Waals surface area contributed by atoms with Gasteiger partial charge in [0.1, 0.15) is 0 Å². The number of aromatic nitrogens is 1. The van der Waals surface area contributed by atoms with Crippen LogP contribution < -0.4 is 11.3 Å². The number of nitrogens with two attached hydrogens (primary N) is 1. The zero-order valence-electron chi connectivity index (χ0n) is 9.82. The van der Waals surface area contributed by atoms with Crippen LogP contribution in [-0.2, 0) is 0 Å². The molecule has 0 saturated carbocycles. The van der Waals surface area contributed by atoms with Gasteiger partial charge in [-0.25, -0.2) is 5.43 Å². The molecule has 1 unspecified atom stereocenters. The zero-order valence-corrected chi connectivity index (χ0v) is 11.3. The van der Waals surface area contributed by atoms with Gasteiger partial charge in [-0.15, -0.1) is 0 Å². The predicted molar refractivity (Wildman–Crippen MR) is 74.6 cm³/mol. The van der Waals surface area contributed by atoms with Crippen LogP contribution in [0.1, 0.15) is 22.7 Å².